The fourth-order valence-corrected chi connectivity index (χ4v) is 1.13. The van der Waals surface area contributed by atoms with Gasteiger partial charge in [0.1, 0.15) is 0 Å². The molecular weight excluding hydrogens is 219 g/mol. The van der Waals surface area contributed by atoms with E-state index < -0.39 is 23.8 Å². The highest BCUT2D eigenvalue weighted by atomic mass is 19.4. The molecule has 0 saturated carbocycles. The average Bonchev–Trinajstić information content (AvgIpc) is 2.32. The molecule has 8 heteroatoms. The summed E-state index contributed by atoms with van der Waals surface area (Å²) in [7, 11) is 1.28. The molecule has 0 bridgehead atoms. The fourth-order valence-electron chi connectivity index (χ4n) is 1.13. The lowest BCUT2D eigenvalue weighted by atomic mass is 10.2. The summed E-state index contributed by atoms with van der Waals surface area (Å²) in [6.45, 7) is 0.0282. The molecule has 0 aromatic heterocycles. The van der Waals surface area contributed by atoms with Crippen LogP contribution in [0, 0.1) is 0 Å². The van der Waals surface area contributed by atoms with Gasteiger partial charge in [0.25, 0.3) is 11.7 Å². The Morgan fingerprint density at radius 3 is 2.47 bits per heavy atom. The van der Waals surface area contributed by atoms with Crippen molar-refractivity contribution in [3.05, 3.63) is 0 Å². The third-order valence-electron chi connectivity index (χ3n) is 1.96. The van der Waals surface area contributed by atoms with Crippen molar-refractivity contribution in [3.8, 4) is 0 Å². The highest BCUT2D eigenvalue weighted by Gasteiger charge is 2.52. The maximum atomic E-state index is 11.8. The van der Waals surface area contributed by atoms with E-state index in [4.69, 9.17) is 0 Å². The molecule has 0 aliphatic carbocycles. The molecule has 86 valence electrons. The third kappa shape index (κ3) is 2.20. The summed E-state index contributed by atoms with van der Waals surface area (Å²) < 4.78 is 39.1. The molecule has 1 aliphatic heterocycles. The summed E-state index contributed by atoms with van der Waals surface area (Å²) in [5.41, 5.74) is 0. The summed E-state index contributed by atoms with van der Waals surface area (Å²) in [5, 5.41) is 9.33. The maximum Gasteiger partial charge on any atom is 0.491 e. The van der Waals surface area contributed by atoms with Gasteiger partial charge in [-0.1, -0.05) is 0 Å². The second kappa shape index (κ2) is 3.37. The van der Waals surface area contributed by atoms with Crippen molar-refractivity contribution in [1.29, 1.82) is 0 Å². The van der Waals surface area contributed by atoms with Crippen molar-refractivity contribution in [3.63, 3.8) is 0 Å². The molecule has 0 aromatic rings. The zero-order valence-electron chi connectivity index (χ0n) is 7.67. The molecule has 0 spiro atoms. The number of hydrogen-bond donors (Lipinski definition) is 1. The topological polar surface area (TPSA) is 66.8 Å². The molecule has 5 nitrogen and oxygen atoms in total. The van der Waals surface area contributed by atoms with E-state index in [-0.39, 0.29) is 13.0 Å². The van der Waals surface area contributed by atoms with E-state index in [9.17, 15) is 27.9 Å². The Morgan fingerprint density at radius 2 is 2.13 bits per heavy atom. The zero-order chi connectivity index (χ0) is 11.9. The van der Waals surface area contributed by atoms with Crippen LogP contribution in [0.15, 0.2) is 0 Å². The van der Waals surface area contributed by atoms with E-state index in [1.165, 1.54) is 7.05 Å². The van der Waals surface area contributed by atoms with E-state index in [1.807, 2.05) is 0 Å². The average molecular weight is 227 g/mol. The van der Waals surface area contributed by atoms with Crippen molar-refractivity contribution in [1.82, 2.24) is 4.90 Å². The van der Waals surface area contributed by atoms with Crippen LogP contribution < -0.4 is 0 Å². The minimum atomic E-state index is -5.23. The first-order valence-electron chi connectivity index (χ1n) is 3.95. The highest BCUT2D eigenvalue weighted by Crippen LogP contribution is 2.27. The Bertz CT molecular complexity index is 303. The molecule has 1 rings (SSSR count). The Kier molecular flexibility index (Phi) is 2.64. The third-order valence-corrected chi connectivity index (χ3v) is 1.96. The van der Waals surface area contributed by atoms with Crippen LogP contribution >= 0.6 is 0 Å². The normalized spacial score (nSPS) is 27.0. The molecule has 15 heavy (non-hydrogen) atoms. The number of alkyl halides is 3. The SMILES string of the molecule is CN1CCC(O)(OC(=O)C(F)(F)F)C1=O. The minimum Gasteiger partial charge on any atom is -0.417 e. The Hall–Kier alpha value is -1.31. The maximum absolute atomic E-state index is 11.8. The number of rotatable bonds is 1. The number of likely N-dealkylation sites (N-methyl/N-ethyl adjacent to an activating group) is 1. The van der Waals surface area contributed by atoms with Gasteiger partial charge in [-0.2, -0.15) is 13.2 Å². The van der Waals surface area contributed by atoms with E-state index >= 15 is 0 Å². The van der Waals surface area contributed by atoms with Crippen LogP contribution in [-0.2, 0) is 14.3 Å². The lowest BCUT2D eigenvalue weighted by molar-refractivity contribution is -0.241. The number of aliphatic hydroxyl groups is 1. The standard InChI is InChI=1S/C7H8F3NO4/c1-11-3-2-6(14,4(11)12)15-5(13)7(8,9)10/h14H,2-3H2,1H3. The van der Waals surface area contributed by atoms with Crippen LogP contribution in [0.1, 0.15) is 6.42 Å². The second-order valence-electron chi connectivity index (χ2n) is 3.15. The van der Waals surface area contributed by atoms with Gasteiger partial charge in [0, 0.05) is 20.0 Å². The van der Waals surface area contributed by atoms with Gasteiger partial charge in [-0.3, -0.25) is 4.79 Å². The van der Waals surface area contributed by atoms with Gasteiger partial charge in [-0.25, -0.2) is 4.79 Å². The molecule has 1 saturated heterocycles. The largest absolute Gasteiger partial charge is 0.491 e. The number of hydrogen-bond acceptors (Lipinski definition) is 4. The van der Waals surface area contributed by atoms with Gasteiger partial charge in [0.2, 0.25) is 0 Å². The number of carbonyl (C=O) groups excluding carboxylic acids is 2. The predicted octanol–water partition coefficient (Wildman–Crippen LogP) is -0.357. The Morgan fingerprint density at radius 1 is 1.60 bits per heavy atom. The van der Waals surface area contributed by atoms with Gasteiger partial charge >= 0.3 is 12.1 Å². The number of nitrogens with zero attached hydrogens (tertiary/aromatic N) is 1. The van der Waals surface area contributed by atoms with Crippen molar-refractivity contribution >= 4 is 11.9 Å². The summed E-state index contributed by atoms with van der Waals surface area (Å²) in [4.78, 5) is 22.5. The second-order valence-corrected chi connectivity index (χ2v) is 3.15. The fraction of sp³-hybridized carbons (Fsp3) is 0.714. The number of amides is 1. The minimum absolute atomic E-state index is 0.0282. The van der Waals surface area contributed by atoms with Gasteiger partial charge in [-0.05, 0) is 0 Å². The molecule has 1 atom stereocenters. The molecule has 1 unspecified atom stereocenters. The predicted molar refractivity (Wildman–Crippen MR) is 39.4 cm³/mol. The first-order valence-corrected chi connectivity index (χ1v) is 3.95. The number of ether oxygens (including phenoxy) is 1. The lowest BCUT2D eigenvalue weighted by Crippen LogP contribution is -2.45. The number of halogens is 3. The monoisotopic (exact) mass is 227 g/mol. The number of carbonyl (C=O) groups is 2. The lowest BCUT2D eigenvalue weighted by Gasteiger charge is -2.21. The molecule has 1 heterocycles. The van der Waals surface area contributed by atoms with Crippen LogP contribution in [0.5, 0.6) is 0 Å². The van der Waals surface area contributed by atoms with Gasteiger partial charge < -0.3 is 14.7 Å². The molecule has 1 N–H and O–H groups in total. The van der Waals surface area contributed by atoms with Crippen molar-refractivity contribution in [2.45, 2.75) is 18.4 Å². The smallest absolute Gasteiger partial charge is 0.417 e. The van der Waals surface area contributed by atoms with Crippen molar-refractivity contribution < 1.29 is 32.6 Å². The van der Waals surface area contributed by atoms with Crippen molar-refractivity contribution in [2.75, 3.05) is 13.6 Å². The van der Waals surface area contributed by atoms with Gasteiger partial charge in [-0.15, -0.1) is 0 Å². The molecule has 1 amide bonds. The highest BCUT2D eigenvalue weighted by molar-refractivity contribution is 5.88. The zero-order valence-corrected chi connectivity index (χ0v) is 7.67. The van der Waals surface area contributed by atoms with E-state index in [0.717, 1.165) is 4.90 Å². The van der Waals surface area contributed by atoms with Gasteiger partial charge in [0.05, 0.1) is 0 Å². The summed E-state index contributed by atoms with van der Waals surface area (Å²) in [5.74, 6) is -6.31. The van der Waals surface area contributed by atoms with Crippen LogP contribution in [0.4, 0.5) is 13.2 Å². The molecule has 0 aromatic carbocycles. The van der Waals surface area contributed by atoms with Crippen LogP contribution in [0.25, 0.3) is 0 Å². The first-order chi connectivity index (χ1) is 6.67. The summed E-state index contributed by atoms with van der Waals surface area (Å²) >= 11 is 0. The summed E-state index contributed by atoms with van der Waals surface area (Å²) in [6.07, 6.45) is -5.60. The Balaban J connectivity index is 2.74. The molecular formula is C7H8F3NO4. The van der Waals surface area contributed by atoms with E-state index in [0.29, 0.717) is 0 Å². The number of esters is 1. The molecule has 0 radical (unpaired) electrons. The summed E-state index contributed by atoms with van der Waals surface area (Å²) in [6, 6.07) is 0. The van der Waals surface area contributed by atoms with Crippen LogP contribution in [0.2, 0.25) is 0 Å². The Labute approximate surface area is 82.4 Å². The van der Waals surface area contributed by atoms with Crippen molar-refractivity contribution in [2.24, 2.45) is 0 Å². The first kappa shape index (κ1) is 11.8. The van der Waals surface area contributed by atoms with E-state index in [1.54, 1.807) is 0 Å². The van der Waals surface area contributed by atoms with Gasteiger partial charge in [0.15, 0.2) is 0 Å². The number of likely N-dealkylation sites (tertiary alicyclic amines) is 1. The molecule has 1 fully saturated rings. The molecule has 1 aliphatic rings. The van der Waals surface area contributed by atoms with Crippen LogP contribution in [-0.4, -0.2) is 47.4 Å². The van der Waals surface area contributed by atoms with Crippen LogP contribution in [0.3, 0.4) is 0 Å². The quantitative estimate of drug-likeness (QED) is 0.490. The van der Waals surface area contributed by atoms with E-state index in [2.05, 4.69) is 4.74 Å².